The Morgan fingerprint density at radius 3 is 2.60 bits per heavy atom. The molecule has 1 aromatic carbocycles. The predicted octanol–water partition coefficient (Wildman–Crippen LogP) is 1.52. The van der Waals surface area contributed by atoms with Gasteiger partial charge >= 0.3 is 0 Å². The molecule has 4 N–H and O–H groups in total. The maximum Gasteiger partial charge on any atom is 0.253 e. The zero-order valence-corrected chi connectivity index (χ0v) is 15.5. The van der Waals surface area contributed by atoms with Crippen molar-refractivity contribution < 1.29 is 9.59 Å². The third-order valence-corrected chi connectivity index (χ3v) is 3.27. The van der Waals surface area contributed by atoms with Gasteiger partial charge in [0.05, 0.1) is 17.4 Å². The summed E-state index contributed by atoms with van der Waals surface area (Å²) >= 11 is 0. The third kappa shape index (κ3) is 7.13. The van der Waals surface area contributed by atoms with E-state index in [1.54, 1.807) is 35.1 Å². The molecule has 9 heteroatoms. The van der Waals surface area contributed by atoms with Crippen molar-refractivity contribution in [3.05, 3.63) is 47.8 Å². The molecule has 7 nitrogen and oxygen atoms in total. The Hall–Kier alpha value is -2.09. The van der Waals surface area contributed by atoms with Gasteiger partial charge in [-0.15, -0.1) is 24.8 Å². The van der Waals surface area contributed by atoms with Crippen molar-refractivity contribution in [2.75, 3.05) is 18.4 Å². The average Bonchev–Trinajstić information content (AvgIpc) is 2.96. The zero-order chi connectivity index (χ0) is 16.7. The van der Waals surface area contributed by atoms with Crippen LogP contribution in [0.3, 0.4) is 0 Å². The van der Waals surface area contributed by atoms with Crippen LogP contribution in [0.2, 0.25) is 0 Å². The highest BCUT2D eigenvalue weighted by Gasteiger charge is 2.12. The molecule has 0 aliphatic carbocycles. The number of rotatable bonds is 7. The first kappa shape index (κ1) is 22.9. The lowest BCUT2D eigenvalue weighted by atomic mass is 10.1. The number of hydrogen-bond acceptors (Lipinski definition) is 4. The molecule has 1 aromatic heterocycles. The highest BCUT2D eigenvalue weighted by atomic mass is 35.5. The van der Waals surface area contributed by atoms with Gasteiger partial charge in [0.15, 0.2) is 0 Å². The van der Waals surface area contributed by atoms with Crippen LogP contribution < -0.4 is 16.4 Å². The van der Waals surface area contributed by atoms with E-state index in [0.717, 1.165) is 5.56 Å². The van der Waals surface area contributed by atoms with Crippen molar-refractivity contribution in [1.29, 1.82) is 0 Å². The largest absolute Gasteiger partial charge is 0.351 e. The summed E-state index contributed by atoms with van der Waals surface area (Å²) in [4.78, 5) is 24.2. The minimum atomic E-state index is -0.251. The summed E-state index contributed by atoms with van der Waals surface area (Å²) in [7, 11) is 1.83. The van der Waals surface area contributed by atoms with E-state index in [1.807, 2.05) is 13.2 Å². The molecule has 2 rings (SSSR count). The lowest BCUT2D eigenvalue weighted by molar-refractivity contribution is -0.116. The second-order valence-corrected chi connectivity index (χ2v) is 5.16. The molecule has 0 atom stereocenters. The van der Waals surface area contributed by atoms with E-state index in [1.165, 1.54) is 0 Å². The van der Waals surface area contributed by atoms with E-state index in [4.69, 9.17) is 5.73 Å². The van der Waals surface area contributed by atoms with Crippen molar-refractivity contribution in [1.82, 2.24) is 15.1 Å². The molecule has 2 aromatic rings. The molecule has 0 saturated heterocycles. The summed E-state index contributed by atoms with van der Waals surface area (Å²) in [5.41, 5.74) is 7.30. The van der Waals surface area contributed by atoms with Crippen molar-refractivity contribution in [2.24, 2.45) is 12.8 Å². The Labute approximate surface area is 159 Å². The van der Waals surface area contributed by atoms with Gasteiger partial charge in [-0.3, -0.25) is 14.3 Å². The van der Waals surface area contributed by atoms with E-state index >= 15 is 0 Å². The minimum absolute atomic E-state index is 0. The molecule has 0 bridgehead atoms. The van der Waals surface area contributed by atoms with Crippen LogP contribution in [0, 0.1) is 0 Å². The number of hydrogen-bond donors (Lipinski definition) is 3. The van der Waals surface area contributed by atoms with E-state index in [0.29, 0.717) is 37.2 Å². The van der Waals surface area contributed by atoms with Gasteiger partial charge < -0.3 is 16.4 Å². The molecule has 0 saturated carbocycles. The summed E-state index contributed by atoms with van der Waals surface area (Å²) in [5, 5.41) is 9.55. The number of para-hydroxylation sites is 1. The second-order valence-electron chi connectivity index (χ2n) is 5.16. The molecule has 0 aliphatic heterocycles. The maximum atomic E-state index is 12.1. The van der Waals surface area contributed by atoms with Gasteiger partial charge in [-0.2, -0.15) is 5.10 Å². The monoisotopic (exact) mass is 387 g/mol. The van der Waals surface area contributed by atoms with Crippen LogP contribution in [0.25, 0.3) is 0 Å². The average molecular weight is 388 g/mol. The molecular formula is C16H23Cl2N5O2. The van der Waals surface area contributed by atoms with Gasteiger partial charge in [0, 0.05) is 32.8 Å². The Balaban J connectivity index is 0.00000288. The second kappa shape index (κ2) is 11.5. The fourth-order valence-corrected chi connectivity index (χ4v) is 2.14. The number of carbonyl (C=O) groups is 2. The number of aryl methyl sites for hydroxylation is 2. The first-order valence-electron chi connectivity index (χ1n) is 7.45. The molecule has 1 heterocycles. The number of anilines is 1. The van der Waals surface area contributed by atoms with E-state index in [9.17, 15) is 9.59 Å². The standard InChI is InChI=1S/C16H21N5O2.2ClH/c1-21-11-12(10-19-21)6-7-15(22)20-14-5-3-2-4-13(14)16(23)18-9-8-17;;/h2-5,10-11H,6-9,17H2,1H3,(H,18,23)(H,20,22);2*1H. The molecule has 0 unspecified atom stereocenters. The molecular weight excluding hydrogens is 365 g/mol. The Kier molecular flexibility index (Phi) is 10.5. The zero-order valence-electron chi connectivity index (χ0n) is 13.9. The first-order chi connectivity index (χ1) is 11.1. The molecule has 25 heavy (non-hydrogen) atoms. The topological polar surface area (TPSA) is 102 Å². The molecule has 0 radical (unpaired) electrons. The number of halogens is 2. The van der Waals surface area contributed by atoms with Crippen LogP contribution in [-0.4, -0.2) is 34.7 Å². The quantitative estimate of drug-likeness (QED) is 0.669. The number of amides is 2. The van der Waals surface area contributed by atoms with Crippen LogP contribution in [0.4, 0.5) is 5.69 Å². The lowest BCUT2D eigenvalue weighted by Crippen LogP contribution is -2.30. The number of carbonyl (C=O) groups excluding carboxylic acids is 2. The smallest absolute Gasteiger partial charge is 0.253 e. The van der Waals surface area contributed by atoms with Crippen LogP contribution in [0.1, 0.15) is 22.3 Å². The molecule has 0 fully saturated rings. The van der Waals surface area contributed by atoms with Gasteiger partial charge in [0.2, 0.25) is 5.91 Å². The van der Waals surface area contributed by atoms with Gasteiger partial charge in [-0.25, -0.2) is 0 Å². The number of nitrogens with one attached hydrogen (secondary N) is 2. The number of aromatic nitrogens is 2. The molecule has 138 valence electrons. The summed E-state index contributed by atoms with van der Waals surface area (Å²) in [6.45, 7) is 0.757. The van der Waals surface area contributed by atoms with Crippen molar-refractivity contribution in [2.45, 2.75) is 12.8 Å². The maximum absolute atomic E-state index is 12.1. The summed E-state index contributed by atoms with van der Waals surface area (Å²) in [6, 6.07) is 6.90. The molecule has 2 amide bonds. The SMILES string of the molecule is Cl.Cl.Cn1cc(CCC(=O)Nc2ccccc2C(=O)NCCN)cn1. The van der Waals surface area contributed by atoms with Crippen molar-refractivity contribution in [3.8, 4) is 0 Å². The van der Waals surface area contributed by atoms with Gasteiger partial charge in [-0.05, 0) is 24.1 Å². The van der Waals surface area contributed by atoms with E-state index in [-0.39, 0.29) is 36.6 Å². The predicted molar refractivity (Wildman–Crippen MR) is 102 cm³/mol. The summed E-state index contributed by atoms with van der Waals surface area (Å²) < 4.78 is 1.70. The first-order valence-corrected chi connectivity index (χ1v) is 7.45. The summed E-state index contributed by atoms with van der Waals surface area (Å²) in [6.07, 6.45) is 4.54. The van der Waals surface area contributed by atoms with E-state index < -0.39 is 0 Å². The highest BCUT2D eigenvalue weighted by molar-refractivity contribution is 6.03. The van der Waals surface area contributed by atoms with Gasteiger partial charge in [-0.1, -0.05) is 12.1 Å². The normalized spacial score (nSPS) is 9.52. The lowest BCUT2D eigenvalue weighted by Gasteiger charge is -2.11. The van der Waals surface area contributed by atoms with Gasteiger partial charge in [0.25, 0.3) is 5.91 Å². The van der Waals surface area contributed by atoms with Crippen molar-refractivity contribution in [3.63, 3.8) is 0 Å². The van der Waals surface area contributed by atoms with Crippen LogP contribution in [-0.2, 0) is 18.3 Å². The molecule has 0 spiro atoms. The number of benzene rings is 1. The molecule has 0 aliphatic rings. The number of nitrogens with two attached hydrogens (primary N) is 1. The summed E-state index contributed by atoms with van der Waals surface area (Å²) in [5.74, 6) is -0.397. The fraction of sp³-hybridized carbons (Fsp3) is 0.312. The van der Waals surface area contributed by atoms with E-state index in [2.05, 4.69) is 15.7 Å². The van der Waals surface area contributed by atoms with Crippen molar-refractivity contribution >= 4 is 42.3 Å². The number of nitrogens with zero attached hydrogens (tertiary/aromatic N) is 2. The van der Waals surface area contributed by atoms with Crippen LogP contribution in [0.5, 0.6) is 0 Å². The minimum Gasteiger partial charge on any atom is -0.351 e. The third-order valence-electron chi connectivity index (χ3n) is 3.27. The Morgan fingerprint density at radius 1 is 1.24 bits per heavy atom. The fourth-order valence-electron chi connectivity index (χ4n) is 2.14. The highest BCUT2D eigenvalue weighted by Crippen LogP contribution is 2.15. The van der Waals surface area contributed by atoms with Gasteiger partial charge in [0.1, 0.15) is 0 Å². The van der Waals surface area contributed by atoms with Crippen LogP contribution >= 0.6 is 24.8 Å². The van der Waals surface area contributed by atoms with Crippen LogP contribution in [0.15, 0.2) is 36.7 Å². The Bertz CT molecular complexity index is 691. The Morgan fingerprint density at radius 2 is 1.96 bits per heavy atom.